The molecular formula is C28H37NO4. The van der Waals surface area contributed by atoms with Crippen LogP contribution in [0.5, 0.6) is 0 Å². The lowest BCUT2D eigenvalue weighted by Crippen LogP contribution is -2.50. The molecule has 3 rings (SSSR count). The molecule has 0 radical (unpaired) electrons. The summed E-state index contributed by atoms with van der Waals surface area (Å²) in [5.74, 6) is -0.563. The van der Waals surface area contributed by atoms with Gasteiger partial charge in [-0.25, -0.2) is 4.79 Å². The third kappa shape index (κ3) is 7.62. The Labute approximate surface area is 198 Å². The van der Waals surface area contributed by atoms with Gasteiger partial charge < -0.3 is 14.4 Å². The van der Waals surface area contributed by atoms with Crippen molar-refractivity contribution in [3.8, 4) is 0 Å². The Hall–Kier alpha value is -2.82. The molecule has 0 spiro atoms. The Morgan fingerprint density at radius 3 is 2.12 bits per heavy atom. The summed E-state index contributed by atoms with van der Waals surface area (Å²) < 4.78 is 11.1. The van der Waals surface area contributed by atoms with Crippen LogP contribution >= 0.6 is 0 Å². The quantitative estimate of drug-likeness (QED) is 0.406. The van der Waals surface area contributed by atoms with Gasteiger partial charge in [-0.2, -0.15) is 0 Å². The minimum absolute atomic E-state index is 0.131. The first kappa shape index (κ1) is 24.8. The van der Waals surface area contributed by atoms with Crippen molar-refractivity contribution < 1.29 is 19.1 Å². The fraction of sp³-hybridized carbons (Fsp3) is 0.500. The molecule has 2 atom stereocenters. The first-order valence-electron chi connectivity index (χ1n) is 12.3. The zero-order chi connectivity index (χ0) is 23.5. The molecule has 2 unspecified atom stereocenters. The van der Waals surface area contributed by atoms with Crippen LogP contribution in [0.3, 0.4) is 0 Å². The second-order valence-corrected chi connectivity index (χ2v) is 8.97. The fourth-order valence-corrected chi connectivity index (χ4v) is 4.71. The fourth-order valence-electron chi connectivity index (χ4n) is 4.71. The molecule has 1 saturated carbocycles. The van der Waals surface area contributed by atoms with Crippen molar-refractivity contribution in [2.45, 2.75) is 77.5 Å². The highest BCUT2D eigenvalue weighted by Gasteiger charge is 2.35. The van der Waals surface area contributed by atoms with Gasteiger partial charge in [0.05, 0.1) is 12.5 Å². The maximum atomic E-state index is 13.1. The first-order valence-corrected chi connectivity index (χ1v) is 12.3. The lowest BCUT2D eigenvalue weighted by Gasteiger charge is -2.40. The highest BCUT2D eigenvalue weighted by molar-refractivity contribution is 5.72. The number of hydrogen-bond donors (Lipinski definition) is 0. The van der Waals surface area contributed by atoms with Gasteiger partial charge in [0.15, 0.2) is 0 Å². The smallest absolute Gasteiger partial charge is 0.410 e. The molecule has 0 aliphatic heterocycles. The standard InChI is InChI=1S/C28H37NO4/c1-3-32-28(31)29(25-17-11-6-12-18-25)26(20-23-13-7-4-8-14-23)19-22(2)27(30)33-21-24-15-9-5-10-16-24/h4-5,7-10,13-16,22,25-26H,3,6,11-12,17-21H2,1-2H3. The summed E-state index contributed by atoms with van der Waals surface area (Å²) in [6, 6.07) is 19.9. The molecule has 33 heavy (non-hydrogen) atoms. The van der Waals surface area contributed by atoms with E-state index in [9.17, 15) is 9.59 Å². The van der Waals surface area contributed by atoms with Crippen molar-refractivity contribution in [1.82, 2.24) is 4.90 Å². The Bertz CT molecular complexity index is 849. The van der Waals surface area contributed by atoms with Gasteiger partial charge in [-0.3, -0.25) is 4.79 Å². The molecule has 0 aromatic heterocycles. The van der Waals surface area contributed by atoms with E-state index in [-0.39, 0.29) is 36.7 Å². The normalized spacial score (nSPS) is 15.9. The molecule has 5 nitrogen and oxygen atoms in total. The Morgan fingerprint density at radius 2 is 1.52 bits per heavy atom. The predicted molar refractivity (Wildman–Crippen MR) is 130 cm³/mol. The summed E-state index contributed by atoms with van der Waals surface area (Å²) >= 11 is 0. The van der Waals surface area contributed by atoms with Crippen LogP contribution in [0.15, 0.2) is 60.7 Å². The Kier molecular flexibility index (Phi) is 9.79. The SMILES string of the molecule is CCOC(=O)N(C1CCCCC1)C(Cc1ccccc1)CC(C)C(=O)OCc1ccccc1. The second-order valence-electron chi connectivity index (χ2n) is 8.97. The van der Waals surface area contributed by atoms with Gasteiger partial charge >= 0.3 is 12.1 Å². The van der Waals surface area contributed by atoms with E-state index in [2.05, 4.69) is 12.1 Å². The zero-order valence-corrected chi connectivity index (χ0v) is 19.9. The van der Waals surface area contributed by atoms with Gasteiger partial charge in [-0.15, -0.1) is 0 Å². The Balaban J connectivity index is 1.76. The summed E-state index contributed by atoms with van der Waals surface area (Å²) in [5.41, 5.74) is 2.12. The molecule has 5 heteroatoms. The molecule has 0 bridgehead atoms. The maximum absolute atomic E-state index is 13.1. The van der Waals surface area contributed by atoms with Crippen molar-refractivity contribution in [1.29, 1.82) is 0 Å². The maximum Gasteiger partial charge on any atom is 0.410 e. The third-order valence-corrected chi connectivity index (χ3v) is 6.41. The van der Waals surface area contributed by atoms with Gasteiger partial charge in [-0.05, 0) is 43.7 Å². The van der Waals surface area contributed by atoms with Crippen molar-refractivity contribution in [2.75, 3.05) is 6.61 Å². The van der Waals surface area contributed by atoms with Gasteiger partial charge in [-0.1, -0.05) is 86.8 Å². The second kappa shape index (κ2) is 13.0. The number of carbonyl (C=O) groups is 2. The van der Waals surface area contributed by atoms with Gasteiger partial charge in [0, 0.05) is 12.1 Å². The molecule has 1 fully saturated rings. The largest absolute Gasteiger partial charge is 0.461 e. The van der Waals surface area contributed by atoms with E-state index < -0.39 is 0 Å². The van der Waals surface area contributed by atoms with E-state index in [1.165, 1.54) is 6.42 Å². The van der Waals surface area contributed by atoms with E-state index >= 15 is 0 Å². The number of esters is 1. The number of amides is 1. The average Bonchev–Trinajstić information content (AvgIpc) is 2.84. The van der Waals surface area contributed by atoms with Crippen LogP contribution in [0.1, 0.15) is 63.5 Å². The summed E-state index contributed by atoms with van der Waals surface area (Å²) in [6.07, 6.45) is 6.37. The molecule has 0 N–H and O–H groups in total. The van der Waals surface area contributed by atoms with Crippen molar-refractivity contribution >= 4 is 12.1 Å². The van der Waals surface area contributed by atoms with Crippen LogP contribution in [0.4, 0.5) is 4.79 Å². The lowest BCUT2D eigenvalue weighted by atomic mass is 9.89. The minimum Gasteiger partial charge on any atom is -0.461 e. The lowest BCUT2D eigenvalue weighted by molar-refractivity contribution is -0.150. The van der Waals surface area contributed by atoms with E-state index in [0.717, 1.165) is 36.8 Å². The van der Waals surface area contributed by atoms with Crippen molar-refractivity contribution in [3.05, 3.63) is 71.8 Å². The van der Waals surface area contributed by atoms with E-state index in [1.807, 2.05) is 67.3 Å². The topological polar surface area (TPSA) is 55.8 Å². The molecule has 178 valence electrons. The summed E-state index contributed by atoms with van der Waals surface area (Å²) in [7, 11) is 0. The monoisotopic (exact) mass is 451 g/mol. The number of carbonyl (C=O) groups excluding carboxylic acids is 2. The third-order valence-electron chi connectivity index (χ3n) is 6.41. The number of rotatable bonds is 10. The summed E-state index contributed by atoms with van der Waals surface area (Å²) in [4.78, 5) is 27.9. The molecule has 2 aromatic rings. The summed E-state index contributed by atoms with van der Waals surface area (Å²) in [6.45, 7) is 4.34. The van der Waals surface area contributed by atoms with Crippen LogP contribution in [-0.4, -0.2) is 35.7 Å². The Morgan fingerprint density at radius 1 is 0.909 bits per heavy atom. The predicted octanol–water partition coefficient (Wildman–Crippen LogP) is 6.16. The molecule has 2 aromatic carbocycles. The molecule has 1 aliphatic rings. The molecule has 0 saturated heterocycles. The van der Waals surface area contributed by atoms with Crippen LogP contribution in [0, 0.1) is 5.92 Å². The molecule has 0 heterocycles. The van der Waals surface area contributed by atoms with E-state index in [0.29, 0.717) is 19.4 Å². The van der Waals surface area contributed by atoms with Gasteiger partial charge in [0.1, 0.15) is 6.61 Å². The number of ether oxygens (including phenoxy) is 2. The van der Waals surface area contributed by atoms with E-state index in [1.54, 1.807) is 0 Å². The van der Waals surface area contributed by atoms with Crippen LogP contribution < -0.4 is 0 Å². The van der Waals surface area contributed by atoms with Crippen LogP contribution in [-0.2, 0) is 27.3 Å². The number of nitrogens with zero attached hydrogens (tertiary/aromatic N) is 1. The van der Waals surface area contributed by atoms with Crippen LogP contribution in [0.25, 0.3) is 0 Å². The highest BCUT2D eigenvalue weighted by Crippen LogP contribution is 2.29. The molecule has 1 aliphatic carbocycles. The van der Waals surface area contributed by atoms with Gasteiger partial charge in [0.25, 0.3) is 0 Å². The highest BCUT2D eigenvalue weighted by atomic mass is 16.6. The first-order chi connectivity index (χ1) is 16.1. The number of hydrogen-bond acceptors (Lipinski definition) is 4. The average molecular weight is 452 g/mol. The van der Waals surface area contributed by atoms with E-state index in [4.69, 9.17) is 9.47 Å². The minimum atomic E-state index is -0.331. The molecular weight excluding hydrogens is 414 g/mol. The van der Waals surface area contributed by atoms with Crippen molar-refractivity contribution in [2.24, 2.45) is 5.92 Å². The zero-order valence-electron chi connectivity index (χ0n) is 19.9. The molecule has 1 amide bonds. The summed E-state index contributed by atoms with van der Waals surface area (Å²) in [5, 5.41) is 0. The van der Waals surface area contributed by atoms with Crippen molar-refractivity contribution in [3.63, 3.8) is 0 Å². The van der Waals surface area contributed by atoms with Crippen LogP contribution in [0.2, 0.25) is 0 Å². The van der Waals surface area contributed by atoms with Gasteiger partial charge in [0.2, 0.25) is 0 Å². The number of benzene rings is 2.